The van der Waals surface area contributed by atoms with Crippen LogP contribution in [0, 0.1) is 6.92 Å². The first-order chi connectivity index (χ1) is 9.78. The molecule has 4 heteroatoms. The van der Waals surface area contributed by atoms with Crippen LogP contribution in [0.2, 0.25) is 0 Å². The molecule has 0 amide bonds. The molecule has 1 fully saturated rings. The van der Waals surface area contributed by atoms with E-state index in [0.717, 1.165) is 24.6 Å². The number of nitrogens with one attached hydrogen (secondary N) is 1. The third-order valence-electron chi connectivity index (χ3n) is 4.20. The average molecular weight is 289 g/mol. The molecule has 2 aromatic rings. The predicted octanol–water partition coefficient (Wildman–Crippen LogP) is 4.54. The second kappa shape index (κ2) is 6.00. The van der Waals surface area contributed by atoms with Gasteiger partial charge in [0.2, 0.25) is 5.95 Å². The summed E-state index contributed by atoms with van der Waals surface area (Å²) in [5, 5.41) is 5.74. The quantitative estimate of drug-likeness (QED) is 0.875. The number of nitrogens with zero attached hydrogens (tertiary/aromatic N) is 2. The van der Waals surface area contributed by atoms with Crippen molar-refractivity contribution in [1.82, 2.24) is 9.55 Å². The van der Waals surface area contributed by atoms with Crippen LogP contribution < -0.4 is 5.32 Å². The zero-order valence-corrected chi connectivity index (χ0v) is 13.2. The van der Waals surface area contributed by atoms with Crippen molar-refractivity contribution in [3.05, 3.63) is 33.8 Å². The second-order valence-electron chi connectivity index (χ2n) is 5.63. The smallest absolute Gasteiger partial charge is 0.203 e. The predicted molar refractivity (Wildman–Crippen MR) is 85.5 cm³/mol. The summed E-state index contributed by atoms with van der Waals surface area (Å²) in [6.45, 7) is 5.19. The molecule has 20 heavy (non-hydrogen) atoms. The van der Waals surface area contributed by atoms with Crippen molar-refractivity contribution < 1.29 is 0 Å². The average Bonchev–Trinajstić information content (AvgIpc) is 3.16. The van der Waals surface area contributed by atoms with E-state index in [2.05, 4.69) is 46.4 Å². The number of imidazole rings is 1. The summed E-state index contributed by atoms with van der Waals surface area (Å²) in [5.41, 5.74) is 2.57. The molecule has 3 rings (SSSR count). The Bertz CT molecular complexity index is 564. The molecule has 1 aliphatic carbocycles. The van der Waals surface area contributed by atoms with Gasteiger partial charge in [0.25, 0.3) is 0 Å². The lowest BCUT2D eigenvalue weighted by Gasteiger charge is -2.15. The van der Waals surface area contributed by atoms with Crippen LogP contribution in [0.25, 0.3) is 0 Å². The van der Waals surface area contributed by atoms with Gasteiger partial charge < -0.3 is 9.88 Å². The fourth-order valence-electron chi connectivity index (χ4n) is 3.10. The third kappa shape index (κ3) is 2.75. The van der Waals surface area contributed by atoms with Gasteiger partial charge in [0.15, 0.2) is 0 Å². The molecule has 108 valence electrons. The summed E-state index contributed by atoms with van der Waals surface area (Å²) in [5.74, 6) is 1.05. The fraction of sp³-hybridized carbons (Fsp3) is 0.562. The van der Waals surface area contributed by atoms with Crippen LogP contribution in [0.15, 0.2) is 17.6 Å². The number of rotatable bonds is 5. The lowest BCUT2D eigenvalue weighted by molar-refractivity contribution is 0.522. The van der Waals surface area contributed by atoms with Crippen LogP contribution in [0.5, 0.6) is 0 Å². The monoisotopic (exact) mass is 289 g/mol. The Hall–Kier alpha value is -1.29. The van der Waals surface area contributed by atoms with Crippen LogP contribution in [-0.2, 0) is 13.0 Å². The van der Waals surface area contributed by atoms with Crippen molar-refractivity contribution in [1.29, 1.82) is 0 Å². The molecule has 0 radical (unpaired) electrons. The molecule has 3 nitrogen and oxygen atoms in total. The van der Waals surface area contributed by atoms with Gasteiger partial charge in [0, 0.05) is 17.1 Å². The maximum Gasteiger partial charge on any atom is 0.203 e. The summed E-state index contributed by atoms with van der Waals surface area (Å²) < 4.78 is 2.36. The zero-order valence-electron chi connectivity index (χ0n) is 12.4. The van der Waals surface area contributed by atoms with Crippen molar-refractivity contribution >= 4 is 17.3 Å². The first-order valence-corrected chi connectivity index (χ1v) is 8.50. The molecular formula is C16H23N3S. The number of aromatic nitrogens is 2. The Morgan fingerprint density at radius 3 is 2.95 bits per heavy atom. The molecule has 1 saturated carbocycles. The topological polar surface area (TPSA) is 29.9 Å². The summed E-state index contributed by atoms with van der Waals surface area (Å²) >= 11 is 1.84. The number of hydrogen-bond acceptors (Lipinski definition) is 3. The van der Waals surface area contributed by atoms with E-state index in [4.69, 9.17) is 0 Å². The SMILES string of the molecule is CCc1ccsc1CNc1nc(C)cn1C1CCCC1. The highest BCUT2D eigenvalue weighted by molar-refractivity contribution is 7.10. The second-order valence-corrected chi connectivity index (χ2v) is 6.63. The van der Waals surface area contributed by atoms with E-state index in [1.165, 1.54) is 36.1 Å². The van der Waals surface area contributed by atoms with Crippen molar-refractivity contribution in [2.75, 3.05) is 5.32 Å². The van der Waals surface area contributed by atoms with Crippen molar-refractivity contribution in [2.24, 2.45) is 0 Å². The highest BCUT2D eigenvalue weighted by atomic mass is 32.1. The van der Waals surface area contributed by atoms with Gasteiger partial charge in [-0.15, -0.1) is 11.3 Å². The first-order valence-electron chi connectivity index (χ1n) is 7.62. The molecule has 0 atom stereocenters. The van der Waals surface area contributed by atoms with Crippen molar-refractivity contribution in [3.63, 3.8) is 0 Å². The normalized spacial score (nSPS) is 15.9. The number of thiophene rings is 1. The molecule has 0 unspecified atom stereocenters. The minimum Gasteiger partial charge on any atom is -0.351 e. The van der Waals surface area contributed by atoms with E-state index in [-0.39, 0.29) is 0 Å². The van der Waals surface area contributed by atoms with Gasteiger partial charge in [-0.25, -0.2) is 4.98 Å². The Morgan fingerprint density at radius 2 is 2.20 bits per heavy atom. The lowest BCUT2D eigenvalue weighted by atomic mass is 10.2. The van der Waals surface area contributed by atoms with Gasteiger partial charge in [0.1, 0.15) is 0 Å². The lowest BCUT2D eigenvalue weighted by Crippen LogP contribution is -2.10. The highest BCUT2D eigenvalue weighted by Gasteiger charge is 2.20. The first kappa shape index (κ1) is 13.7. The van der Waals surface area contributed by atoms with Crippen molar-refractivity contribution in [3.8, 4) is 0 Å². The van der Waals surface area contributed by atoms with Crippen molar-refractivity contribution in [2.45, 2.75) is 58.5 Å². The summed E-state index contributed by atoms with van der Waals surface area (Å²) in [6, 6.07) is 2.88. The third-order valence-corrected chi connectivity index (χ3v) is 5.16. The minimum absolute atomic E-state index is 0.646. The molecule has 2 heterocycles. The Balaban J connectivity index is 1.74. The molecular weight excluding hydrogens is 266 g/mol. The summed E-state index contributed by atoms with van der Waals surface area (Å²) in [6.07, 6.45) is 8.61. The maximum atomic E-state index is 4.67. The van der Waals surface area contributed by atoms with E-state index in [1.54, 1.807) is 0 Å². The summed E-state index contributed by atoms with van der Waals surface area (Å²) in [4.78, 5) is 6.10. The fourth-order valence-corrected chi connectivity index (χ4v) is 4.02. The number of hydrogen-bond donors (Lipinski definition) is 1. The standard InChI is InChI=1S/C16H23N3S/c1-3-13-8-9-20-15(13)10-17-16-18-12(2)11-19(16)14-6-4-5-7-14/h8-9,11,14H,3-7,10H2,1-2H3,(H,17,18). The largest absolute Gasteiger partial charge is 0.351 e. The molecule has 0 bridgehead atoms. The van der Waals surface area contributed by atoms with E-state index in [1.807, 2.05) is 11.3 Å². The van der Waals surface area contributed by atoms with Gasteiger partial charge in [-0.05, 0) is 43.2 Å². The number of aryl methyl sites for hydroxylation is 2. The van der Waals surface area contributed by atoms with Gasteiger partial charge in [-0.1, -0.05) is 19.8 Å². The Labute approximate surface area is 125 Å². The van der Waals surface area contributed by atoms with E-state index in [9.17, 15) is 0 Å². The highest BCUT2D eigenvalue weighted by Crippen LogP contribution is 2.32. The van der Waals surface area contributed by atoms with E-state index in [0.29, 0.717) is 6.04 Å². The minimum atomic E-state index is 0.646. The molecule has 0 saturated heterocycles. The van der Waals surface area contributed by atoms with Gasteiger partial charge in [0.05, 0.1) is 12.2 Å². The summed E-state index contributed by atoms with van der Waals surface area (Å²) in [7, 11) is 0. The molecule has 0 aromatic carbocycles. The van der Waals surface area contributed by atoms with E-state index < -0.39 is 0 Å². The van der Waals surface area contributed by atoms with E-state index >= 15 is 0 Å². The molecule has 2 aromatic heterocycles. The molecule has 0 aliphatic heterocycles. The van der Waals surface area contributed by atoms with Gasteiger partial charge >= 0.3 is 0 Å². The Kier molecular flexibility index (Phi) is 4.10. The molecule has 0 spiro atoms. The zero-order chi connectivity index (χ0) is 13.9. The Morgan fingerprint density at radius 1 is 1.40 bits per heavy atom. The van der Waals surface area contributed by atoms with Crippen LogP contribution in [0.1, 0.15) is 54.8 Å². The maximum absolute atomic E-state index is 4.67. The number of anilines is 1. The van der Waals surface area contributed by atoms with Gasteiger partial charge in [-0.3, -0.25) is 0 Å². The van der Waals surface area contributed by atoms with Crippen LogP contribution >= 0.6 is 11.3 Å². The molecule has 1 N–H and O–H groups in total. The molecule has 1 aliphatic rings. The van der Waals surface area contributed by atoms with Crippen LogP contribution in [0.3, 0.4) is 0 Å². The van der Waals surface area contributed by atoms with Crippen LogP contribution in [0.4, 0.5) is 5.95 Å². The van der Waals surface area contributed by atoms with Crippen LogP contribution in [-0.4, -0.2) is 9.55 Å². The van der Waals surface area contributed by atoms with Gasteiger partial charge in [-0.2, -0.15) is 0 Å².